The summed E-state index contributed by atoms with van der Waals surface area (Å²) in [5.74, 6) is 0.286. The second kappa shape index (κ2) is 6.49. The van der Waals surface area contributed by atoms with Gasteiger partial charge in [0.1, 0.15) is 9.10 Å². The Labute approximate surface area is 152 Å². The van der Waals surface area contributed by atoms with E-state index in [2.05, 4.69) is 5.10 Å². The molecule has 3 heterocycles. The van der Waals surface area contributed by atoms with Crippen molar-refractivity contribution in [3.63, 3.8) is 0 Å². The minimum atomic E-state index is -3.89. The molecule has 3 rings (SSSR count). The summed E-state index contributed by atoms with van der Waals surface area (Å²) in [5.41, 5.74) is 0.333. The first-order valence-corrected chi connectivity index (χ1v) is 11.8. The van der Waals surface area contributed by atoms with Crippen LogP contribution in [0, 0.1) is 19.8 Å². The number of nitrogens with zero attached hydrogens (tertiary/aromatic N) is 3. The summed E-state index contributed by atoms with van der Waals surface area (Å²) in [6.07, 6.45) is 1.80. The lowest BCUT2D eigenvalue weighted by molar-refractivity contribution is 0.281. The van der Waals surface area contributed by atoms with E-state index in [1.165, 1.54) is 24.2 Å². The van der Waals surface area contributed by atoms with Crippen LogP contribution in [0.4, 0.5) is 0 Å². The summed E-state index contributed by atoms with van der Waals surface area (Å²) in [5, 5.41) is 5.71. The van der Waals surface area contributed by atoms with Gasteiger partial charge in [0, 0.05) is 13.1 Å². The molecule has 2 aromatic heterocycles. The first-order valence-electron chi connectivity index (χ1n) is 8.01. The molecule has 1 atom stereocenters. The molecule has 25 heavy (non-hydrogen) atoms. The van der Waals surface area contributed by atoms with E-state index in [1.54, 1.807) is 11.4 Å². The molecule has 0 bridgehead atoms. The summed E-state index contributed by atoms with van der Waals surface area (Å²) in [6.45, 7) is 5.95. The minimum Gasteiger partial charge on any atom is -0.207 e. The zero-order valence-corrected chi connectivity index (χ0v) is 16.8. The third-order valence-electron chi connectivity index (χ3n) is 4.38. The fourth-order valence-corrected chi connectivity index (χ4v) is 7.63. The van der Waals surface area contributed by atoms with Crippen LogP contribution in [0.3, 0.4) is 0 Å². The molecule has 2 aromatic rings. The number of sulfonamides is 1. The number of aromatic nitrogens is 2. The van der Waals surface area contributed by atoms with Crippen molar-refractivity contribution in [2.45, 2.75) is 42.7 Å². The number of rotatable bonds is 4. The third kappa shape index (κ3) is 3.16. The van der Waals surface area contributed by atoms with Crippen LogP contribution in [-0.4, -0.2) is 43.4 Å². The van der Waals surface area contributed by atoms with E-state index in [4.69, 9.17) is 0 Å². The molecule has 1 aliphatic heterocycles. The molecule has 0 radical (unpaired) electrons. The van der Waals surface area contributed by atoms with Crippen LogP contribution in [0.15, 0.2) is 26.6 Å². The Morgan fingerprint density at radius 1 is 1.20 bits per heavy atom. The van der Waals surface area contributed by atoms with Crippen LogP contribution < -0.4 is 0 Å². The number of piperidine rings is 1. The van der Waals surface area contributed by atoms with Crippen LogP contribution in [0.2, 0.25) is 0 Å². The number of thiophene rings is 1. The first-order chi connectivity index (χ1) is 11.7. The van der Waals surface area contributed by atoms with E-state index in [9.17, 15) is 16.8 Å². The Kier molecular flexibility index (Phi) is 4.82. The fourth-order valence-electron chi connectivity index (χ4n) is 3.20. The van der Waals surface area contributed by atoms with Crippen molar-refractivity contribution in [3.8, 4) is 0 Å². The number of hydrogen-bond donors (Lipinski definition) is 0. The van der Waals surface area contributed by atoms with Gasteiger partial charge in [-0.25, -0.2) is 8.42 Å². The van der Waals surface area contributed by atoms with E-state index in [0.29, 0.717) is 13.1 Å². The van der Waals surface area contributed by atoms with Gasteiger partial charge in [0.05, 0.1) is 11.4 Å². The van der Waals surface area contributed by atoms with Gasteiger partial charge in [-0.15, -0.1) is 11.3 Å². The quantitative estimate of drug-likeness (QED) is 0.781. The molecule has 0 aromatic carbocycles. The Hall–Kier alpha value is -1.23. The zero-order chi connectivity index (χ0) is 18.4. The summed E-state index contributed by atoms with van der Waals surface area (Å²) in [6, 6.07) is 3.12. The first kappa shape index (κ1) is 18.6. The highest BCUT2D eigenvalue weighted by molar-refractivity contribution is 7.92. The third-order valence-corrected chi connectivity index (χ3v) is 9.54. The fraction of sp³-hybridized carbons (Fsp3) is 0.533. The van der Waals surface area contributed by atoms with Gasteiger partial charge in [-0.1, -0.05) is 13.0 Å². The molecular formula is C15H21N3O4S3. The standard InChI is InChI=1S/C15H21N3O4S3/c1-11-6-4-8-17(10-11)25(21,22)15-12(2)16-18(13(15)3)24(19,20)14-7-5-9-23-14/h5,7,9,11H,4,6,8,10H2,1-3H3/t11-/m0/s1. The van der Waals surface area contributed by atoms with Gasteiger partial charge >= 0.3 is 0 Å². The van der Waals surface area contributed by atoms with Gasteiger partial charge < -0.3 is 0 Å². The molecule has 138 valence electrons. The van der Waals surface area contributed by atoms with Gasteiger partial charge in [0.25, 0.3) is 10.0 Å². The van der Waals surface area contributed by atoms with Gasteiger partial charge in [0.2, 0.25) is 10.0 Å². The molecule has 0 aliphatic carbocycles. The van der Waals surface area contributed by atoms with Crippen molar-refractivity contribution in [1.29, 1.82) is 0 Å². The van der Waals surface area contributed by atoms with Crippen LogP contribution in [0.5, 0.6) is 0 Å². The van der Waals surface area contributed by atoms with E-state index in [-0.39, 0.29) is 26.4 Å². The van der Waals surface area contributed by atoms with E-state index in [1.807, 2.05) is 6.92 Å². The molecule has 7 nitrogen and oxygen atoms in total. The molecule has 1 fully saturated rings. The normalized spacial score (nSPS) is 20.0. The van der Waals surface area contributed by atoms with Crippen molar-refractivity contribution in [2.75, 3.05) is 13.1 Å². The molecule has 0 amide bonds. The minimum absolute atomic E-state index is 0.00160. The largest absolute Gasteiger partial charge is 0.292 e. The van der Waals surface area contributed by atoms with Crippen molar-refractivity contribution >= 4 is 31.4 Å². The smallest absolute Gasteiger partial charge is 0.207 e. The van der Waals surface area contributed by atoms with E-state index in [0.717, 1.165) is 28.3 Å². The maximum Gasteiger partial charge on any atom is 0.292 e. The van der Waals surface area contributed by atoms with Gasteiger partial charge in [-0.3, -0.25) is 0 Å². The van der Waals surface area contributed by atoms with Crippen molar-refractivity contribution < 1.29 is 16.8 Å². The zero-order valence-electron chi connectivity index (χ0n) is 14.3. The van der Waals surface area contributed by atoms with Crippen LogP contribution in [0.25, 0.3) is 0 Å². The van der Waals surface area contributed by atoms with Crippen LogP contribution >= 0.6 is 11.3 Å². The maximum absolute atomic E-state index is 13.1. The van der Waals surface area contributed by atoms with Crippen molar-refractivity contribution in [1.82, 2.24) is 13.5 Å². The topological polar surface area (TPSA) is 89.3 Å². The highest BCUT2D eigenvalue weighted by atomic mass is 32.2. The molecule has 0 N–H and O–H groups in total. The highest BCUT2D eigenvalue weighted by Gasteiger charge is 2.35. The predicted molar refractivity (Wildman–Crippen MR) is 95.8 cm³/mol. The van der Waals surface area contributed by atoms with E-state index < -0.39 is 20.0 Å². The highest BCUT2D eigenvalue weighted by Crippen LogP contribution is 2.30. The SMILES string of the molecule is Cc1nn(S(=O)(=O)c2cccs2)c(C)c1S(=O)(=O)N1CCC[C@H](C)C1. The number of aryl methyl sites for hydroxylation is 1. The van der Waals surface area contributed by atoms with E-state index >= 15 is 0 Å². The predicted octanol–water partition coefficient (Wildman–Crippen LogP) is 2.22. The summed E-state index contributed by atoms with van der Waals surface area (Å²) < 4.78 is 54.1. The molecule has 0 saturated carbocycles. The average molecular weight is 404 g/mol. The summed E-state index contributed by atoms with van der Waals surface area (Å²) >= 11 is 1.08. The Morgan fingerprint density at radius 2 is 1.92 bits per heavy atom. The summed E-state index contributed by atoms with van der Waals surface area (Å²) in [7, 11) is -7.66. The lowest BCUT2D eigenvalue weighted by atomic mass is 10.0. The van der Waals surface area contributed by atoms with Crippen LogP contribution in [-0.2, 0) is 20.0 Å². The van der Waals surface area contributed by atoms with Crippen molar-refractivity contribution in [3.05, 3.63) is 28.9 Å². The molecular weight excluding hydrogens is 382 g/mol. The molecule has 0 unspecified atom stereocenters. The summed E-state index contributed by atoms with van der Waals surface area (Å²) in [4.78, 5) is 0.00160. The average Bonchev–Trinajstić information content (AvgIpc) is 3.16. The monoisotopic (exact) mass is 403 g/mol. The van der Waals surface area contributed by atoms with Gasteiger partial charge in [-0.05, 0) is 44.1 Å². The molecule has 1 saturated heterocycles. The van der Waals surface area contributed by atoms with Crippen molar-refractivity contribution in [2.24, 2.45) is 5.92 Å². The van der Waals surface area contributed by atoms with Gasteiger partial charge in [-0.2, -0.15) is 21.9 Å². The maximum atomic E-state index is 13.1. The molecule has 1 aliphatic rings. The second-order valence-corrected chi connectivity index (χ2v) is 11.2. The Balaban J connectivity index is 2.09. The second-order valence-electron chi connectivity index (χ2n) is 6.39. The molecule has 0 spiro atoms. The van der Waals surface area contributed by atoms with Crippen LogP contribution in [0.1, 0.15) is 31.2 Å². The van der Waals surface area contributed by atoms with Gasteiger partial charge in [0.15, 0.2) is 0 Å². The Bertz CT molecular complexity index is 976. The molecule has 10 heteroatoms. The Morgan fingerprint density at radius 3 is 2.52 bits per heavy atom. The lowest BCUT2D eigenvalue weighted by Crippen LogP contribution is -2.39. The lowest BCUT2D eigenvalue weighted by Gasteiger charge is -2.30. The number of hydrogen-bond acceptors (Lipinski definition) is 6.